The number of nitrogens with one attached hydrogen (secondary N) is 1. The molecule has 0 bridgehead atoms. The maximum absolute atomic E-state index is 11.7. The fourth-order valence-corrected chi connectivity index (χ4v) is 2.43. The molecule has 0 saturated carbocycles. The van der Waals surface area contributed by atoms with E-state index in [1.807, 2.05) is 6.92 Å². The number of aliphatic carboxylic acids is 1. The first-order valence-electron chi connectivity index (χ1n) is 8.67. The van der Waals surface area contributed by atoms with E-state index < -0.39 is 18.1 Å². The lowest BCUT2D eigenvalue weighted by Gasteiger charge is -2.17. The second kappa shape index (κ2) is 9.51. The summed E-state index contributed by atoms with van der Waals surface area (Å²) in [7, 11) is 3.19. The molecule has 0 aliphatic rings. The highest BCUT2D eigenvalue weighted by molar-refractivity contribution is 5.77. The van der Waals surface area contributed by atoms with Crippen LogP contribution < -0.4 is 10.1 Å². The van der Waals surface area contributed by atoms with Gasteiger partial charge in [-0.15, -0.1) is 0 Å². The van der Waals surface area contributed by atoms with Crippen LogP contribution in [-0.4, -0.2) is 52.2 Å². The van der Waals surface area contributed by atoms with Crippen molar-refractivity contribution in [2.24, 2.45) is 0 Å². The van der Waals surface area contributed by atoms with Crippen molar-refractivity contribution >= 4 is 17.9 Å². The monoisotopic (exact) mass is 372 g/mol. The van der Waals surface area contributed by atoms with E-state index in [4.69, 9.17) is 4.74 Å². The summed E-state index contributed by atoms with van der Waals surface area (Å²) in [4.78, 5) is 32.7. The summed E-state index contributed by atoms with van der Waals surface area (Å²) in [6.07, 6.45) is 4.56. The first kappa shape index (κ1) is 20.2. The molecular weight excluding hydrogens is 348 g/mol. The molecule has 8 nitrogen and oxygen atoms in total. The molecule has 1 atom stereocenters. The van der Waals surface area contributed by atoms with Gasteiger partial charge in [-0.25, -0.2) is 19.6 Å². The Hall–Kier alpha value is -3.16. The molecule has 27 heavy (non-hydrogen) atoms. The van der Waals surface area contributed by atoms with Crippen LogP contribution in [0.3, 0.4) is 0 Å². The summed E-state index contributed by atoms with van der Waals surface area (Å²) in [5, 5.41) is 12.6. The number of hydrogen-bond acceptors (Lipinski definition) is 6. The van der Waals surface area contributed by atoms with Gasteiger partial charge in [-0.2, -0.15) is 0 Å². The van der Waals surface area contributed by atoms with Crippen molar-refractivity contribution in [1.29, 1.82) is 0 Å². The van der Waals surface area contributed by atoms with Crippen LogP contribution in [-0.2, 0) is 17.6 Å². The van der Waals surface area contributed by atoms with E-state index in [0.717, 1.165) is 24.0 Å². The van der Waals surface area contributed by atoms with Crippen molar-refractivity contribution in [2.45, 2.75) is 32.2 Å². The normalized spacial score (nSPS) is 11.5. The number of anilines is 1. The van der Waals surface area contributed by atoms with Gasteiger partial charge in [0.15, 0.2) is 0 Å². The third kappa shape index (κ3) is 5.95. The Morgan fingerprint density at radius 1 is 1.26 bits per heavy atom. The lowest BCUT2D eigenvalue weighted by Crippen LogP contribution is -2.32. The molecule has 1 heterocycles. The first-order valence-corrected chi connectivity index (χ1v) is 8.67. The molecule has 0 spiro atoms. The molecule has 8 heteroatoms. The summed E-state index contributed by atoms with van der Waals surface area (Å²) in [5.74, 6) is -0.0340. The zero-order valence-corrected chi connectivity index (χ0v) is 15.7. The zero-order chi connectivity index (χ0) is 19.8. The van der Waals surface area contributed by atoms with E-state index in [1.54, 1.807) is 44.6 Å². The van der Waals surface area contributed by atoms with E-state index in [-0.39, 0.29) is 6.42 Å². The van der Waals surface area contributed by atoms with Crippen LogP contribution >= 0.6 is 0 Å². The number of nitrogens with zero attached hydrogens (tertiary/aromatic N) is 3. The number of benzene rings is 1. The molecule has 1 unspecified atom stereocenters. The maximum atomic E-state index is 11.7. The van der Waals surface area contributed by atoms with Crippen LogP contribution in [0.2, 0.25) is 0 Å². The number of aryl methyl sites for hydroxylation is 1. The second-order valence-electron chi connectivity index (χ2n) is 6.29. The molecule has 1 aromatic heterocycles. The average molecular weight is 372 g/mol. The summed E-state index contributed by atoms with van der Waals surface area (Å²) in [6.45, 7) is 2.04. The maximum Gasteiger partial charge on any atom is 0.414 e. The van der Waals surface area contributed by atoms with Crippen molar-refractivity contribution in [1.82, 2.24) is 14.9 Å². The highest BCUT2D eigenvalue weighted by Crippen LogP contribution is 2.18. The minimum absolute atomic E-state index is 0.257. The van der Waals surface area contributed by atoms with Crippen LogP contribution in [0.4, 0.5) is 10.6 Å². The molecule has 144 valence electrons. The lowest BCUT2D eigenvalue weighted by molar-refractivity contribution is -0.137. The van der Waals surface area contributed by atoms with Crippen LogP contribution in [0.1, 0.15) is 24.5 Å². The Kier molecular flexibility index (Phi) is 7.10. The van der Waals surface area contributed by atoms with E-state index >= 15 is 0 Å². The van der Waals surface area contributed by atoms with Gasteiger partial charge in [0.05, 0.1) is 0 Å². The van der Waals surface area contributed by atoms with Crippen molar-refractivity contribution < 1.29 is 19.4 Å². The van der Waals surface area contributed by atoms with Gasteiger partial charge in [0.1, 0.15) is 23.9 Å². The van der Waals surface area contributed by atoms with Gasteiger partial charge < -0.3 is 20.1 Å². The third-order valence-electron chi connectivity index (χ3n) is 3.85. The van der Waals surface area contributed by atoms with E-state index in [2.05, 4.69) is 15.3 Å². The summed E-state index contributed by atoms with van der Waals surface area (Å²) in [5.41, 5.74) is 1.68. The number of amides is 1. The fourth-order valence-electron chi connectivity index (χ4n) is 2.43. The quantitative estimate of drug-likeness (QED) is 0.734. The molecule has 0 radical (unpaired) electrons. The van der Waals surface area contributed by atoms with Crippen molar-refractivity contribution in [3.63, 3.8) is 0 Å². The van der Waals surface area contributed by atoms with E-state index in [9.17, 15) is 14.7 Å². The molecule has 2 aromatic rings. The van der Waals surface area contributed by atoms with Gasteiger partial charge in [0.25, 0.3) is 0 Å². The van der Waals surface area contributed by atoms with E-state index in [0.29, 0.717) is 11.6 Å². The van der Waals surface area contributed by atoms with Crippen LogP contribution in [0.5, 0.6) is 5.75 Å². The Balaban J connectivity index is 2.08. The zero-order valence-electron chi connectivity index (χ0n) is 15.7. The average Bonchev–Trinajstić information content (AvgIpc) is 2.64. The number of rotatable bonds is 8. The Labute approximate surface area is 158 Å². The van der Waals surface area contributed by atoms with Crippen LogP contribution in [0.15, 0.2) is 36.8 Å². The van der Waals surface area contributed by atoms with Gasteiger partial charge in [0.2, 0.25) is 0 Å². The molecule has 0 saturated heterocycles. The third-order valence-corrected chi connectivity index (χ3v) is 3.85. The Morgan fingerprint density at radius 3 is 2.56 bits per heavy atom. The molecule has 0 aliphatic carbocycles. The van der Waals surface area contributed by atoms with Gasteiger partial charge >= 0.3 is 12.1 Å². The second-order valence-corrected chi connectivity index (χ2v) is 6.29. The molecule has 0 aliphatic heterocycles. The van der Waals surface area contributed by atoms with Crippen molar-refractivity contribution in [2.75, 3.05) is 19.4 Å². The number of carbonyl (C=O) groups excluding carboxylic acids is 1. The smallest absolute Gasteiger partial charge is 0.414 e. The van der Waals surface area contributed by atoms with Crippen molar-refractivity contribution in [3.8, 4) is 5.75 Å². The molecule has 2 N–H and O–H groups in total. The summed E-state index contributed by atoms with van der Waals surface area (Å²) in [6, 6.07) is 5.92. The first-order chi connectivity index (χ1) is 12.9. The predicted molar refractivity (Wildman–Crippen MR) is 101 cm³/mol. The number of carboxylic acids is 1. The molecule has 2 rings (SSSR count). The SMILES string of the molecule is CCCc1cncnc1NC(Cc1ccc(OC(=O)N(C)C)cc1)C(=O)O. The minimum Gasteiger partial charge on any atom is -0.480 e. The lowest BCUT2D eigenvalue weighted by atomic mass is 10.1. The molecule has 1 amide bonds. The van der Waals surface area contributed by atoms with Gasteiger partial charge in [-0.05, 0) is 24.1 Å². The van der Waals surface area contributed by atoms with Gasteiger partial charge in [-0.1, -0.05) is 25.5 Å². The molecule has 0 fully saturated rings. The van der Waals surface area contributed by atoms with Crippen molar-refractivity contribution in [3.05, 3.63) is 47.9 Å². The number of carboxylic acid groups (broad SMARTS) is 1. The fraction of sp³-hybridized carbons (Fsp3) is 0.368. The predicted octanol–water partition coefficient (Wildman–Crippen LogP) is 2.60. The highest BCUT2D eigenvalue weighted by atomic mass is 16.6. The summed E-state index contributed by atoms with van der Waals surface area (Å²) >= 11 is 0. The number of ether oxygens (including phenoxy) is 1. The Morgan fingerprint density at radius 2 is 1.96 bits per heavy atom. The largest absolute Gasteiger partial charge is 0.480 e. The highest BCUT2D eigenvalue weighted by Gasteiger charge is 2.20. The number of aromatic nitrogens is 2. The van der Waals surface area contributed by atoms with Crippen LogP contribution in [0.25, 0.3) is 0 Å². The van der Waals surface area contributed by atoms with Gasteiger partial charge in [-0.3, -0.25) is 0 Å². The Bertz CT molecular complexity index is 778. The van der Waals surface area contributed by atoms with Crippen LogP contribution in [0, 0.1) is 0 Å². The van der Waals surface area contributed by atoms with Gasteiger partial charge in [0, 0.05) is 32.3 Å². The minimum atomic E-state index is -0.973. The standard InChI is InChI=1S/C19H24N4O4/c1-4-5-14-11-20-12-21-17(14)22-16(18(24)25)10-13-6-8-15(9-7-13)27-19(26)23(2)3/h6-9,11-12,16H,4-5,10H2,1-3H3,(H,24,25)(H,20,21,22). The topological polar surface area (TPSA) is 105 Å². The summed E-state index contributed by atoms with van der Waals surface area (Å²) < 4.78 is 5.16. The van der Waals surface area contributed by atoms with E-state index in [1.165, 1.54) is 11.2 Å². The number of hydrogen-bond donors (Lipinski definition) is 2. The molecule has 1 aromatic carbocycles. The number of carbonyl (C=O) groups is 2. The molecular formula is C19H24N4O4.